The van der Waals surface area contributed by atoms with Crippen molar-refractivity contribution in [2.24, 2.45) is 0 Å². The predicted molar refractivity (Wildman–Crippen MR) is 100 cm³/mol. The molecule has 0 spiro atoms. The van der Waals surface area contributed by atoms with Gasteiger partial charge in [-0.15, -0.1) is 11.3 Å². The molecule has 1 aromatic carbocycles. The standard InChI is InChI=1S/C19H22N2O4S/c1-19(2,3)25-18(24)21(12-8-5-4-6-9-12)17-20-15-13(16(22)23)10-7-11-14(15)26-17/h4-6,8-9,13H,7,10-11H2,1-3H3,(H,22,23). The number of amides is 1. The van der Waals surface area contributed by atoms with Crippen molar-refractivity contribution in [3.8, 4) is 0 Å². The number of para-hydroxylation sites is 1. The maximum atomic E-state index is 12.8. The highest BCUT2D eigenvalue weighted by molar-refractivity contribution is 7.16. The van der Waals surface area contributed by atoms with Crippen LogP contribution in [0.4, 0.5) is 15.6 Å². The van der Waals surface area contributed by atoms with E-state index in [1.165, 1.54) is 16.2 Å². The average molecular weight is 374 g/mol. The summed E-state index contributed by atoms with van der Waals surface area (Å²) in [6.07, 6.45) is 1.64. The lowest BCUT2D eigenvalue weighted by Gasteiger charge is -2.25. The zero-order valence-corrected chi connectivity index (χ0v) is 15.9. The third-order valence-corrected chi connectivity index (χ3v) is 5.14. The van der Waals surface area contributed by atoms with E-state index in [0.717, 1.165) is 17.7 Å². The minimum atomic E-state index is -0.869. The lowest BCUT2D eigenvalue weighted by atomic mass is 9.91. The highest BCUT2D eigenvalue weighted by Gasteiger charge is 2.33. The minimum Gasteiger partial charge on any atom is -0.481 e. The number of nitrogens with zero attached hydrogens (tertiary/aromatic N) is 2. The number of hydrogen-bond donors (Lipinski definition) is 1. The van der Waals surface area contributed by atoms with Crippen LogP contribution in [-0.2, 0) is 16.0 Å². The minimum absolute atomic E-state index is 0.448. The molecule has 138 valence electrons. The van der Waals surface area contributed by atoms with Crippen LogP contribution in [0.25, 0.3) is 0 Å². The number of carbonyl (C=O) groups is 2. The first-order chi connectivity index (χ1) is 12.3. The molecule has 1 atom stereocenters. The van der Waals surface area contributed by atoms with Crippen LogP contribution in [0.3, 0.4) is 0 Å². The molecule has 0 aliphatic heterocycles. The second kappa shape index (κ2) is 7.07. The van der Waals surface area contributed by atoms with Crippen molar-refractivity contribution in [2.45, 2.75) is 51.6 Å². The van der Waals surface area contributed by atoms with E-state index in [4.69, 9.17) is 4.74 Å². The van der Waals surface area contributed by atoms with Crippen molar-refractivity contribution in [2.75, 3.05) is 4.90 Å². The zero-order valence-electron chi connectivity index (χ0n) is 15.1. The molecule has 1 aliphatic carbocycles. The Morgan fingerprint density at radius 3 is 2.58 bits per heavy atom. The number of aromatic nitrogens is 1. The molecular formula is C19H22N2O4S. The van der Waals surface area contributed by atoms with Crippen molar-refractivity contribution in [1.82, 2.24) is 4.98 Å². The van der Waals surface area contributed by atoms with Crippen molar-refractivity contribution >= 4 is 34.2 Å². The zero-order chi connectivity index (χ0) is 18.9. The van der Waals surface area contributed by atoms with Crippen LogP contribution >= 0.6 is 11.3 Å². The number of rotatable bonds is 3. The molecule has 26 heavy (non-hydrogen) atoms. The number of aliphatic carboxylic acids is 1. The molecule has 3 rings (SSSR count). The molecule has 0 saturated carbocycles. The van der Waals surface area contributed by atoms with Gasteiger partial charge in [0.25, 0.3) is 0 Å². The fourth-order valence-electron chi connectivity index (χ4n) is 2.92. The maximum absolute atomic E-state index is 12.8. The number of thiazole rings is 1. The lowest BCUT2D eigenvalue weighted by molar-refractivity contribution is -0.139. The van der Waals surface area contributed by atoms with E-state index in [0.29, 0.717) is 22.9 Å². The summed E-state index contributed by atoms with van der Waals surface area (Å²) in [7, 11) is 0. The van der Waals surface area contributed by atoms with Gasteiger partial charge in [-0.25, -0.2) is 14.7 Å². The van der Waals surface area contributed by atoms with Crippen LogP contribution in [0.5, 0.6) is 0 Å². The van der Waals surface area contributed by atoms with Crippen LogP contribution in [0, 0.1) is 0 Å². The van der Waals surface area contributed by atoms with Gasteiger partial charge in [0.1, 0.15) is 11.5 Å². The Bertz CT molecular complexity index is 811. The molecule has 0 bridgehead atoms. The summed E-state index contributed by atoms with van der Waals surface area (Å²) in [6.45, 7) is 5.42. The third-order valence-electron chi connectivity index (χ3n) is 4.02. The van der Waals surface area contributed by atoms with E-state index in [2.05, 4.69) is 4.98 Å². The van der Waals surface area contributed by atoms with Crippen molar-refractivity contribution in [3.05, 3.63) is 40.9 Å². The van der Waals surface area contributed by atoms with Gasteiger partial charge in [-0.1, -0.05) is 18.2 Å². The predicted octanol–water partition coefficient (Wildman–Crippen LogP) is 4.72. The highest BCUT2D eigenvalue weighted by Crippen LogP contribution is 2.40. The van der Waals surface area contributed by atoms with Crippen molar-refractivity contribution in [1.29, 1.82) is 0 Å². The third kappa shape index (κ3) is 3.88. The molecule has 1 amide bonds. The van der Waals surface area contributed by atoms with Gasteiger partial charge in [0.15, 0.2) is 5.13 Å². The molecule has 2 aromatic rings. The van der Waals surface area contributed by atoms with Gasteiger partial charge in [0.2, 0.25) is 0 Å². The fraction of sp³-hybridized carbons (Fsp3) is 0.421. The summed E-state index contributed by atoms with van der Waals surface area (Å²) >= 11 is 1.36. The Kier molecular flexibility index (Phi) is 5.00. The SMILES string of the molecule is CC(C)(C)OC(=O)N(c1ccccc1)c1nc2c(s1)CCCC2C(=O)O. The van der Waals surface area contributed by atoms with E-state index in [1.54, 1.807) is 32.9 Å². The Hall–Kier alpha value is -2.41. The summed E-state index contributed by atoms with van der Waals surface area (Å²) < 4.78 is 5.55. The fourth-order valence-corrected chi connectivity index (χ4v) is 4.09. The molecular weight excluding hydrogens is 352 g/mol. The second-order valence-electron chi connectivity index (χ2n) is 7.24. The number of aryl methyl sites for hydroxylation is 1. The van der Waals surface area contributed by atoms with Crippen LogP contribution in [0.15, 0.2) is 30.3 Å². The monoisotopic (exact) mass is 374 g/mol. The van der Waals surface area contributed by atoms with Crippen LogP contribution in [0.2, 0.25) is 0 Å². The number of fused-ring (bicyclic) bond motifs is 1. The number of hydrogen-bond acceptors (Lipinski definition) is 5. The number of ether oxygens (including phenoxy) is 1. The molecule has 0 fully saturated rings. The number of benzene rings is 1. The van der Waals surface area contributed by atoms with Gasteiger partial charge in [0, 0.05) is 4.88 Å². The Labute approximate surface area is 156 Å². The van der Waals surface area contributed by atoms with Gasteiger partial charge in [-0.2, -0.15) is 0 Å². The normalized spacial score (nSPS) is 16.7. The number of carbonyl (C=O) groups excluding carboxylic acids is 1. The average Bonchev–Trinajstić information content (AvgIpc) is 2.97. The molecule has 1 aliphatic rings. The maximum Gasteiger partial charge on any atom is 0.421 e. The van der Waals surface area contributed by atoms with E-state index >= 15 is 0 Å². The summed E-state index contributed by atoms with van der Waals surface area (Å²) in [6, 6.07) is 9.14. The molecule has 1 heterocycles. The number of carboxylic acid groups (broad SMARTS) is 1. The van der Waals surface area contributed by atoms with Crippen molar-refractivity contribution < 1.29 is 19.4 Å². The molecule has 1 unspecified atom stereocenters. The first-order valence-electron chi connectivity index (χ1n) is 8.57. The van der Waals surface area contributed by atoms with Gasteiger partial charge < -0.3 is 9.84 Å². The topological polar surface area (TPSA) is 79.7 Å². The van der Waals surface area contributed by atoms with Crippen LogP contribution < -0.4 is 4.90 Å². The molecule has 7 heteroatoms. The highest BCUT2D eigenvalue weighted by atomic mass is 32.1. The summed E-state index contributed by atoms with van der Waals surface area (Å²) in [5, 5.41) is 9.92. The summed E-state index contributed by atoms with van der Waals surface area (Å²) in [4.78, 5) is 31.3. The van der Waals surface area contributed by atoms with Gasteiger partial charge in [-0.05, 0) is 52.2 Å². The van der Waals surface area contributed by atoms with Gasteiger partial charge in [0.05, 0.1) is 11.4 Å². The van der Waals surface area contributed by atoms with E-state index < -0.39 is 23.6 Å². The largest absolute Gasteiger partial charge is 0.481 e. The van der Waals surface area contributed by atoms with Gasteiger partial charge in [-0.3, -0.25) is 4.79 Å². The number of carboxylic acids is 1. The Morgan fingerprint density at radius 1 is 1.27 bits per heavy atom. The quantitative estimate of drug-likeness (QED) is 0.841. The molecule has 6 nitrogen and oxygen atoms in total. The number of anilines is 2. The second-order valence-corrected chi connectivity index (χ2v) is 8.30. The Balaban J connectivity index is 2.03. The van der Waals surface area contributed by atoms with Crippen LogP contribution in [-0.4, -0.2) is 27.8 Å². The first-order valence-corrected chi connectivity index (χ1v) is 9.38. The van der Waals surface area contributed by atoms with E-state index in [1.807, 2.05) is 18.2 Å². The first kappa shape index (κ1) is 18.4. The van der Waals surface area contributed by atoms with E-state index in [9.17, 15) is 14.7 Å². The lowest BCUT2D eigenvalue weighted by Crippen LogP contribution is -2.33. The van der Waals surface area contributed by atoms with Crippen molar-refractivity contribution in [3.63, 3.8) is 0 Å². The summed E-state index contributed by atoms with van der Waals surface area (Å²) in [5.74, 6) is -1.48. The smallest absolute Gasteiger partial charge is 0.421 e. The molecule has 1 aromatic heterocycles. The summed E-state index contributed by atoms with van der Waals surface area (Å²) in [5.41, 5.74) is 0.567. The molecule has 1 N–H and O–H groups in total. The van der Waals surface area contributed by atoms with Gasteiger partial charge >= 0.3 is 12.1 Å². The molecule has 0 radical (unpaired) electrons. The Morgan fingerprint density at radius 2 is 1.96 bits per heavy atom. The molecule has 0 saturated heterocycles. The van der Waals surface area contributed by atoms with Crippen LogP contribution in [0.1, 0.15) is 50.1 Å². The van der Waals surface area contributed by atoms with E-state index in [-0.39, 0.29) is 0 Å².